The molecule has 1 spiro atoms. The molecule has 2 fully saturated rings. The first-order valence-electron chi connectivity index (χ1n) is 8.56. The van der Waals surface area contributed by atoms with Crippen LogP contribution in [0, 0.1) is 5.41 Å². The van der Waals surface area contributed by atoms with E-state index in [-0.39, 0.29) is 5.60 Å². The molecular formula is C19H26O2. The number of aromatic hydroxyl groups is 1. The number of benzene rings is 1. The van der Waals surface area contributed by atoms with Crippen molar-refractivity contribution < 1.29 is 9.84 Å². The third-order valence-corrected chi connectivity index (χ3v) is 6.47. The highest BCUT2D eigenvalue weighted by Crippen LogP contribution is 2.58. The molecule has 1 heterocycles. The number of phenolic OH excluding ortho intramolecular Hbond substituents is 1. The summed E-state index contributed by atoms with van der Waals surface area (Å²) in [4.78, 5) is 0. The highest BCUT2D eigenvalue weighted by Gasteiger charge is 2.50. The number of phenols is 1. The van der Waals surface area contributed by atoms with Gasteiger partial charge in [-0.25, -0.2) is 0 Å². The summed E-state index contributed by atoms with van der Waals surface area (Å²) in [6, 6.07) is 6.03. The van der Waals surface area contributed by atoms with Gasteiger partial charge in [0.05, 0.1) is 5.60 Å². The van der Waals surface area contributed by atoms with Crippen LogP contribution in [0.2, 0.25) is 0 Å². The average Bonchev–Trinajstić information content (AvgIpc) is 2.49. The lowest BCUT2D eigenvalue weighted by molar-refractivity contribution is -0.126. The first-order chi connectivity index (χ1) is 10.1. The summed E-state index contributed by atoms with van der Waals surface area (Å²) in [6.45, 7) is 3.43. The Labute approximate surface area is 127 Å². The maximum Gasteiger partial charge on any atom is 0.115 e. The van der Waals surface area contributed by atoms with E-state index in [0.29, 0.717) is 17.1 Å². The van der Waals surface area contributed by atoms with Gasteiger partial charge in [0.15, 0.2) is 0 Å². The topological polar surface area (TPSA) is 29.5 Å². The average molecular weight is 286 g/mol. The molecule has 0 aromatic heterocycles. The van der Waals surface area contributed by atoms with E-state index in [4.69, 9.17) is 4.74 Å². The molecule has 1 saturated heterocycles. The van der Waals surface area contributed by atoms with Gasteiger partial charge in [0.1, 0.15) is 5.75 Å². The zero-order valence-electron chi connectivity index (χ0n) is 13.0. The Bertz CT molecular complexity index is 544. The third kappa shape index (κ3) is 2.19. The molecule has 1 aromatic carbocycles. The number of hydrogen-bond donors (Lipinski definition) is 1. The van der Waals surface area contributed by atoms with Crippen LogP contribution in [0.4, 0.5) is 0 Å². The van der Waals surface area contributed by atoms with Crippen molar-refractivity contribution >= 4 is 0 Å². The minimum atomic E-state index is 0.148. The van der Waals surface area contributed by atoms with E-state index in [1.54, 1.807) is 0 Å². The SMILES string of the molecule is C[C@@]12CCc3cc(O)ccc3[C@H]1C[C@]1(CCCCO1)CC2. The molecule has 2 heteroatoms. The first-order valence-corrected chi connectivity index (χ1v) is 8.56. The number of rotatable bonds is 0. The molecule has 0 bridgehead atoms. The second-order valence-corrected chi connectivity index (χ2v) is 7.78. The van der Waals surface area contributed by atoms with Crippen LogP contribution in [0.5, 0.6) is 5.75 Å². The lowest BCUT2D eigenvalue weighted by Crippen LogP contribution is -2.47. The Hall–Kier alpha value is -1.02. The molecule has 2 nitrogen and oxygen atoms in total. The van der Waals surface area contributed by atoms with Crippen molar-refractivity contribution in [2.75, 3.05) is 6.61 Å². The van der Waals surface area contributed by atoms with Gasteiger partial charge in [0, 0.05) is 6.61 Å². The standard InChI is InChI=1S/C19H26O2/c1-18-8-6-14-12-15(20)4-5-16(14)17(18)13-19(10-9-18)7-2-3-11-21-19/h4-5,12,17,20H,2-3,6-11,13H2,1H3/t17-,18+,19+/m1/s1. The van der Waals surface area contributed by atoms with Gasteiger partial charge in [-0.05, 0) is 86.0 Å². The molecule has 0 radical (unpaired) electrons. The maximum atomic E-state index is 9.77. The summed E-state index contributed by atoms with van der Waals surface area (Å²) in [5.74, 6) is 1.02. The Kier molecular flexibility index (Phi) is 3.08. The summed E-state index contributed by atoms with van der Waals surface area (Å²) in [5, 5.41) is 9.77. The molecule has 0 amide bonds. The first kappa shape index (κ1) is 13.6. The monoisotopic (exact) mass is 286 g/mol. The molecule has 1 saturated carbocycles. The molecule has 2 aliphatic carbocycles. The molecule has 1 N–H and O–H groups in total. The predicted molar refractivity (Wildman–Crippen MR) is 83.7 cm³/mol. The smallest absolute Gasteiger partial charge is 0.115 e. The van der Waals surface area contributed by atoms with Crippen LogP contribution in [0.25, 0.3) is 0 Å². The minimum Gasteiger partial charge on any atom is -0.508 e. The van der Waals surface area contributed by atoms with Gasteiger partial charge in [0.25, 0.3) is 0 Å². The fourth-order valence-corrected chi connectivity index (χ4v) is 5.03. The highest BCUT2D eigenvalue weighted by atomic mass is 16.5. The Morgan fingerprint density at radius 1 is 1.14 bits per heavy atom. The fourth-order valence-electron chi connectivity index (χ4n) is 5.03. The van der Waals surface area contributed by atoms with Crippen LogP contribution >= 0.6 is 0 Å². The van der Waals surface area contributed by atoms with Gasteiger partial charge in [-0.15, -0.1) is 0 Å². The lowest BCUT2D eigenvalue weighted by atomic mass is 9.55. The van der Waals surface area contributed by atoms with E-state index in [2.05, 4.69) is 13.0 Å². The molecule has 4 rings (SSSR count). The quantitative estimate of drug-likeness (QED) is 0.758. The minimum absolute atomic E-state index is 0.148. The van der Waals surface area contributed by atoms with E-state index >= 15 is 0 Å². The van der Waals surface area contributed by atoms with Crippen molar-refractivity contribution in [2.45, 2.75) is 69.8 Å². The Morgan fingerprint density at radius 3 is 2.86 bits per heavy atom. The zero-order chi connectivity index (χ0) is 14.5. The second kappa shape index (κ2) is 4.74. The predicted octanol–water partition coefficient (Wildman–Crippen LogP) is 4.55. The van der Waals surface area contributed by atoms with Crippen molar-refractivity contribution in [2.24, 2.45) is 5.41 Å². The van der Waals surface area contributed by atoms with Crippen molar-refractivity contribution in [3.05, 3.63) is 29.3 Å². The highest BCUT2D eigenvalue weighted by molar-refractivity contribution is 5.41. The Morgan fingerprint density at radius 2 is 2.05 bits per heavy atom. The molecule has 1 aliphatic heterocycles. The molecule has 21 heavy (non-hydrogen) atoms. The molecule has 3 aliphatic rings. The van der Waals surface area contributed by atoms with Crippen LogP contribution in [0.15, 0.2) is 18.2 Å². The molecule has 114 valence electrons. The van der Waals surface area contributed by atoms with Crippen LogP contribution in [-0.2, 0) is 11.2 Å². The van der Waals surface area contributed by atoms with Gasteiger partial charge in [-0.3, -0.25) is 0 Å². The molecule has 3 atom stereocenters. The summed E-state index contributed by atoms with van der Waals surface area (Å²) < 4.78 is 6.29. The number of ether oxygens (including phenoxy) is 1. The van der Waals surface area contributed by atoms with Gasteiger partial charge in [-0.1, -0.05) is 13.0 Å². The van der Waals surface area contributed by atoms with Crippen molar-refractivity contribution in [1.29, 1.82) is 0 Å². The van der Waals surface area contributed by atoms with Crippen molar-refractivity contribution in [3.63, 3.8) is 0 Å². The van der Waals surface area contributed by atoms with Crippen LogP contribution in [0.3, 0.4) is 0 Å². The maximum absolute atomic E-state index is 9.77. The number of hydrogen-bond acceptors (Lipinski definition) is 2. The van der Waals surface area contributed by atoms with Gasteiger partial charge in [-0.2, -0.15) is 0 Å². The van der Waals surface area contributed by atoms with E-state index in [0.717, 1.165) is 13.0 Å². The van der Waals surface area contributed by atoms with Crippen LogP contribution in [0.1, 0.15) is 68.9 Å². The fraction of sp³-hybridized carbons (Fsp3) is 0.684. The Balaban J connectivity index is 1.70. The normalized spacial score (nSPS) is 38.8. The van der Waals surface area contributed by atoms with Crippen molar-refractivity contribution in [3.8, 4) is 5.75 Å². The number of fused-ring (bicyclic) bond motifs is 3. The summed E-state index contributed by atoms with van der Waals surface area (Å²) in [5.41, 5.74) is 3.42. The van der Waals surface area contributed by atoms with Gasteiger partial charge >= 0.3 is 0 Å². The van der Waals surface area contributed by atoms with Crippen LogP contribution < -0.4 is 0 Å². The van der Waals surface area contributed by atoms with Gasteiger partial charge < -0.3 is 9.84 Å². The van der Waals surface area contributed by atoms with E-state index in [1.807, 2.05) is 12.1 Å². The zero-order valence-corrected chi connectivity index (χ0v) is 13.0. The van der Waals surface area contributed by atoms with Crippen molar-refractivity contribution in [1.82, 2.24) is 0 Å². The molecule has 0 unspecified atom stereocenters. The lowest BCUT2D eigenvalue weighted by Gasteiger charge is -2.54. The molecule has 1 aromatic rings. The van der Waals surface area contributed by atoms with Crippen LogP contribution in [-0.4, -0.2) is 17.3 Å². The largest absolute Gasteiger partial charge is 0.508 e. The second-order valence-electron chi connectivity index (χ2n) is 7.78. The summed E-state index contributed by atoms with van der Waals surface area (Å²) in [7, 11) is 0. The van der Waals surface area contributed by atoms with E-state index in [9.17, 15) is 5.11 Å². The van der Waals surface area contributed by atoms with E-state index < -0.39 is 0 Å². The number of aryl methyl sites for hydroxylation is 1. The third-order valence-electron chi connectivity index (χ3n) is 6.47. The summed E-state index contributed by atoms with van der Waals surface area (Å²) in [6.07, 6.45) is 9.88. The van der Waals surface area contributed by atoms with E-state index in [1.165, 1.54) is 56.1 Å². The summed E-state index contributed by atoms with van der Waals surface area (Å²) >= 11 is 0. The van der Waals surface area contributed by atoms with Gasteiger partial charge in [0.2, 0.25) is 0 Å². The molecular weight excluding hydrogens is 260 g/mol.